The quantitative estimate of drug-likeness (QED) is 0.235. The maximum Gasteiger partial charge on any atom is 0.173 e. The van der Waals surface area contributed by atoms with Crippen molar-refractivity contribution >= 4 is 0 Å². The van der Waals surface area contributed by atoms with Crippen LogP contribution in [0.5, 0.6) is 0 Å². The van der Waals surface area contributed by atoms with Crippen molar-refractivity contribution in [3.8, 4) is 22.3 Å². The molecule has 6 rings (SSSR count). The largest absolute Gasteiger partial charge is 0.265 e. The van der Waals surface area contributed by atoms with E-state index in [4.69, 9.17) is 0 Å². The molecule has 0 saturated heterocycles. The molecule has 0 radical (unpaired) electrons. The molecule has 0 saturated carbocycles. The molecule has 4 aromatic heterocycles. The first-order valence-electron chi connectivity index (χ1n) is 13.7. The highest BCUT2D eigenvalue weighted by Gasteiger charge is 2.09. The van der Waals surface area contributed by atoms with Gasteiger partial charge in [0.15, 0.2) is 56.8 Å². The van der Waals surface area contributed by atoms with Crippen LogP contribution in [0.15, 0.2) is 147 Å². The highest BCUT2D eigenvalue weighted by atomic mass is 14.9. The van der Waals surface area contributed by atoms with E-state index >= 15 is 0 Å². The zero-order valence-electron chi connectivity index (χ0n) is 22.8. The molecule has 0 aliphatic rings. The molecule has 2 aromatic carbocycles. The SMILES string of the molecule is Cc1ccc(C[n+]2ccc(-c3cc[n+](Cc4ccc(C[n+]5ccc(-c6ccncc6)cc5)cc4)cc3)cc2)cc1. The van der Waals surface area contributed by atoms with Crippen molar-refractivity contribution in [2.75, 3.05) is 0 Å². The van der Waals surface area contributed by atoms with Gasteiger partial charge in [0.25, 0.3) is 0 Å². The van der Waals surface area contributed by atoms with E-state index in [9.17, 15) is 0 Å². The molecule has 4 nitrogen and oxygen atoms in total. The molecule has 0 amide bonds. The number of aryl methyl sites for hydroxylation is 1. The van der Waals surface area contributed by atoms with Crippen molar-refractivity contribution in [3.63, 3.8) is 0 Å². The first-order valence-corrected chi connectivity index (χ1v) is 13.7. The molecule has 0 aliphatic carbocycles. The van der Waals surface area contributed by atoms with Gasteiger partial charge in [-0.3, -0.25) is 4.98 Å². The molecule has 0 unspecified atom stereocenters. The van der Waals surface area contributed by atoms with E-state index in [1.807, 2.05) is 24.5 Å². The summed E-state index contributed by atoms with van der Waals surface area (Å²) >= 11 is 0. The maximum absolute atomic E-state index is 4.10. The predicted molar refractivity (Wildman–Crippen MR) is 157 cm³/mol. The van der Waals surface area contributed by atoms with Gasteiger partial charge in [-0.05, 0) is 41.3 Å². The number of rotatable bonds is 8. The zero-order chi connectivity index (χ0) is 27.1. The third kappa shape index (κ3) is 6.36. The second kappa shape index (κ2) is 11.8. The number of aromatic nitrogens is 4. The van der Waals surface area contributed by atoms with Crippen molar-refractivity contribution in [1.82, 2.24) is 4.98 Å². The Morgan fingerprint density at radius 1 is 0.400 bits per heavy atom. The Morgan fingerprint density at radius 3 is 1.05 bits per heavy atom. The third-order valence-corrected chi connectivity index (χ3v) is 7.26. The van der Waals surface area contributed by atoms with Gasteiger partial charge in [-0.1, -0.05) is 54.1 Å². The monoisotopic (exact) mass is 521 g/mol. The highest BCUT2D eigenvalue weighted by Crippen LogP contribution is 2.17. The Morgan fingerprint density at radius 2 is 0.700 bits per heavy atom. The van der Waals surface area contributed by atoms with E-state index in [0.29, 0.717) is 0 Å². The maximum atomic E-state index is 4.10. The van der Waals surface area contributed by atoms with Gasteiger partial charge in [0, 0.05) is 65.5 Å². The van der Waals surface area contributed by atoms with Gasteiger partial charge in [-0.2, -0.15) is 0 Å². The van der Waals surface area contributed by atoms with Gasteiger partial charge in [0.1, 0.15) is 0 Å². The lowest BCUT2D eigenvalue weighted by atomic mass is 10.1. The summed E-state index contributed by atoms with van der Waals surface area (Å²) in [6.45, 7) is 4.70. The Labute approximate surface area is 236 Å². The summed E-state index contributed by atoms with van der Waals surface area (Å²) in [7, 11) is 0. The first kappa shape index (κ1) is 25.3. The highest BCUT2D eigenvalue weighted by molar-refractivity contribution is 5.61. The van der Waals surface area contributed by atoms with Gasteiger partial charge < -0.3 is 0 Å². The summed E-state index contributed by atoms with van der Waals surface area (Å²) in [4.78, 5) is 4.10. The van der Waals surface area contributed by atoms with Crippen LogP contribution in [0.3, 0.4) is 0 Å². The Bertz CT molecular complexity index is 1660. The van der Waals surface area contributed by atoms with Crippen LogP contribution in [0.25, 0.3) is 22.3 Å². The fraction of sp³-hybridized carbons (Fsp3) is 0.111. The summed E-state index contributed by atoms with van der Waals surface area (Å²) in [5.74, 6) is 0. The number of benzene rings is 2. The first-order chi connectivity index (χ1) is 19.7. The van der Waals surface area contributed by atoms with E-state index in [-0.39, 0.29) is 0 Å². The van der Waals surface area contributed by atoms with Crippen LogP contribution in [0.4, 0.5) is 0 Å². The molecule has 4 heterocycles. The van der Waals surface area contributed by atoms with Crippen molar-refractivity contribution in [1.29, 1.82) is 0 Å². The second-order valence-electron chi connectivity index (χ2n) is 10.3. The van der Waals surface area contributed by atoms with Crippen molar-refractivity contribution in [3.05, 3.63) is 169 Å². The molecule has 40 heavy (non-hydrogen) atoms. The molecule has 0 spiro atoms. The molecule has 0 fully saturated rings. The summed E-state index contributed by atoms with van der Waals surface area (Å²) in [5.41, 5.74) is 10.0. The van der Waals surface area contributed by atoms with E-state index in [0.717, 1.165) is 19.6 Å². The van der Waals surface area contributed by atoms with Crippen LogP contribution in [0.2, 0.25) is 0 Å². The average Bonchev–Trinajstić information content (AvgIpc) is 3.01. The molecule has 0 atom stereocenters. The van der Waals surface area contributed by atoms with E-state index in [1.165, 1.54) is 44.5 Å². The lowest BCUT2D eigenvalue weighted by Gasteiger charge is -2.04. The fourth-order valence-electron chi connectivity index (χ4n) is 4.89. The van der Waals surface area contributed by atoms with Crippen molar-refractivity contribution < 1.29 is 13.7 Å². The van der Waals surface area contributed by atoms with E-state index in [1.54, 1.807) is 0 Å². The lowest BCUT2D eigenvalue weighted by Crippen LogP contribution is -2.34. The van der Waals surface area contributed by atoms with Crippen LogP contribution in [-0.4, -0.2) is 4.98 Å². The normalized spacial score (nSPS) is 10.9. The summed E-state index contributed by atoms with van der Waals surface area (Å²) < 4.78 is 6.66. The van der Waals surface area contributed by atoms with Gasteiger partial charge in [-0.15, -0.1) is 0 Å². The van der Waals surface area contributed by atoms with Crippen LogP contribution >= 0.6 is 0 Å². The summed E-state index contributed by atoms with van der Waals surface area (Å²) in [6, 6.07) is 34.8. The molecular weight excluding hydrogens is 488 g/mol. The third-order valence-electron chi connectivity index (χ3n) is 7.26. The Kier molecular flexibility index (Phi) is 7.49. The van der Waals surface area contributed by atoms with Crippen LogP contribution in [0, 0.1) is 6.92 Å². The number of pyridine rings is 4. The lowest BCUT2D eigenvalue weighted by molar-refractivity contribution is -0.688. The molecule has 194 valence electrons. The van der Waals surface area contributed by atoms with Gasteiger partial charge in [-0.25, -0.2) is 13.7 Å². The topological polar surface area (TPSA) is 24.5 Å². The standard InChI is InChI=1S/C36H33N4/c1-29-2-4-30(5-3-29)26-38-22-14-35(15-23-38)36-16-24-40(25-17-36)28-32-8-6-31(7-9-32)27-39-20-12-34(13-21-39)33-10-18-37-19-11-33/h2-25H,26-28H2,1H3/q+3. The Balaban J connectivity index is 1.04. The molecule has 0 aliphatic heterocycles. The van der Waals surface area contributed by atoms with Crippen molar-refractivity contribution in [2.24, 2.45) is 0 Å². The molecule has 0 bridgehead atoms. The van der Waals surface area contributed by atoms with E-state index in [2.05, 4.69) is 148 Å². The van der Waals surface area contributed by atoms with Crippen LogP contribution in [-0.2, 0) is 19.6 Å². The smallest absolute Gasteiger partial charge is 0.173 e. The number of hydrogen-bond acceptors (Lipinski definition) is 1. The van der Waals surface area contributed by atoms with Crippen LogP contribution < -0.4 is 13.7 Å². The minimum atomic E-state index is 0.847. The van der Waals surface area contributed by atoms with Gasteiger partial charge >= 0.3 is 0 Å². The Hall–Kier alpha value is -4.96. The molecular formula is C36H33N4+3. The van der Waals surface area contributed by atoms with Gasteiger partial charge in [0.2, 0.25) is 0 Å². The number of hydrogen-bond donors (Lipinski definition) is 0. The van der Waals surface area contributed by atoms with Crippen LogP contribution in [0.1, 0.15) is 22.3 Å². The summed E-state index contributed by atoms with van der Waals surface area (Å²) in [5, 5.41) is 0. The minimum Gasteiger partial charge on any atom is -0.265 e. The zero-order valence-corrected chi connectivity index (χ0v) is 22.8. The molecule has 0 N–H and O–H groups in total. The van der Waals surface area contributed by atoms with E-state index < -0.39 is 0 Å². The summed E-state index contributed by atoms with van der Waals surface area (Å²) in [6.07, 6.45) is 16.6. The number of nitrogens with zero attached hydrogens (tertiary/aromatic N) is 4. The van der Waals surface area contributed by atoms with Crippen molar-refractivity contribution in [2.45, 2.75) is 26.6 Å². The molecule has 4 heteroatoms. The average molecular weight is 522 g/mol. The fourth-order valence-corrected chi connectivity index (χ4v) is 4.89. The predicted octanol–water partition coefficient (Wildman–Crippen LogP) is 5.73. The van der Waals surface area contributed by atoms with Gasteiger partial charge in [0.05, 0.1) is 0 Å². The molecule has 6 aromatic rings. The second-order valence-corrected chi connectivity index (χ2v) is 10.3. The minimum absolute atomic E-state index is 0.847.